The Morgan fingerprint density at radius 3 is 2.76 bits per heavy atom. The minimum absolute atomic E-state index is 0.0152. The molecule has 1 aromatic heterocycles. The largest absolute Gasteiger partial charge is 0.396 e. The monoisotopic (exact) mass is 295 g/mol. The van der Waals surface area contributed by atoms with E-state index in [1.54, 1.807) is 0 Å². The van der Waals surface area contributed by atoms with Crippen molar-refractivity contribution in [1.82, 2.24) is 15.1 Å². The fourth-order valence-corrected chi connectivity index (χ4v) is 3.24. The van der Waals surface area contributed by atoms with E-state index >= 15 is 0 Å². The van der Waals surface area contributed by atoms with Gasteiger partial charge in [0.2, 0.25) is 0 Å². The first-order chi connectivity index (χ1) is 10.2. The summed E-state index contributed by atoms with van der Waals surface area (Å²) in [6.07, 6.45) is 7.21. The molecule has 0 amide bonds. The highest BCUT2D eigenvalue weighted by molar-refractivity contribution is 5.25. The molecule has 3 N–H and O–H groups in total. The highest BCUT2D eigenvalue weighted by atomic mass is 16.3. The summed E-state index contributed by atoms with van der Waals surface area (Å²) in [6, 6.07) is 0.324. The maximum atomic E-state index is 9.69. The molecule has 21 heavy (non-hydrogen) atoms. The van der Waals surface area contributed by atoms with E-state index in [4.69, 9.17) is 5.11 Å². The molecule has 1 aliphatic rings. The zero-order valence-electron chi connectivity index (χ0n) is 13.3. The Kier molecular flexibility index (Phi) is 5.79. The van der Waals surface area contributed by atoms with Crippen molar-refractivity contribution in [1.29, 1.82) is 0 Å². The summed E-state index contributed by atoms with van der Waals surface area (Å²) in [4.78, 5) is 0. The average molecular weight is 295 g/mol. The van der Waals surface area contributed by atoms with Crippen LogP contribution in [-0.4, -0.2) is 39.8 Å². The van der Waals surface area contributed by atoms with Crippen LogP contribution < -0.4 is 5.32 Å². The average Bonchev–Trinajstić information content (AvgIpc) is 2.94. The summed E-state index contributed by atoms with van der Waals surface area (Å²) in [6.45, 7) is 6.07. The summed E-state index contributed by atoms with van der Waals surface area (Å²) < 4.78 is 1.93. The zero-order chi connectivity index (χ0) is 15.3. The van der Waals surface area contributed by atoms with E-state index < -0.39 is 0 Å². The van der Waals surface area contributed by atoms with Gasteiger partial charge in [-0.05, 0) is 32.1 Å². The standard InChI is InChI=1S/C16H29N3O2/c1-3-16(4-2,12-21)11-17-14-6-5-7-15-13(14)10-18-19(15)8-9-20/h10,14,17,20-21H,3-9,11-12H2,1-2H3. The molecule has 0 aliphatic heterocycles. The van der Waals surface area contributed by atoms with Gasteiger partial charge in [-0.2, -0.15) is 5.10 Å². The van der Waals surface area contributed by atoms with E-state index in [2.05, 4.69) is 24.3 Å². The van der Waals surface area contributed by atoms with Gasteiger partial charge in [0, 0.05) is 35.9 Å². The van der Waals surface area contributed by atoms with Gasteiger partial charge in [0.25, 0.3) is 0 Å². The van der Waals surface area contributed by atoms with Crippen molar-refractivity contribution in [2.75, 3.05) is 19.8 Å². The van der Waals surface area contributed by atoms with Gasteiger partial charge in [0.1, 0.15) is 0 Å². The van der Waals surface area contributed by atoms with E-state index in [9.17, 15) is 5.11 Å². The normalized spacial score (nSPS) is 18.8. The van der Waals surface area contributed by atoms with Crippen LogP contribution in [0.1, 0.15) is 56.8 Å². The van der Waals surface area contributed by atoms with Crippen LogP contribution in [-0.2, 0) is 13.0 Å². The summed E-state index contributed by atoms with van der Waals surface area (Å²) in [5, 5.41) is 26.9. The molecule has 0 saturated heterocycles. The van der Waals surface area contributed by atoms with Crippen LogP contribution in [0, 0.1) is 5.41 Å². The van der Waals surface area contributed by atoms with Gasteiger partial charge in [-0.15, -0.1) is 0 Å². The fourth-order valence-electron chi connectivity index (χ4n) is 3.24. The number of fused-ring (bicyclic) bond motifs is 1. The lowest BCUT2D eigenvalue weighted by Gasteiger charge is -2.33. The van der Waals surface area contributed by atoms with Gasteiger partial charge < -0.3 is 15.5 Å². The molecule has 1 atom stereocenters. The molecule has 1 aromatic rings. The van der Waals surface area contributed by atoms with Crippen molar-refractivity contribution in [2.45, 2.75) is 58.5 Å². The Morgan fingerprint density at radius 1 is 1.38 bits per heavy atom. The number of rotatable bonds is 8. The van der Waals surface area contributed by atoms with Crippen LogP contribution in [0.3, 0.4) is 0 Å². The number of aromatic nitrogens is 2. The lowest BCUT2D eigenvalue weighted by atomic mass is 9.82. The minimum Gasteiger partial charge on any atom is -0.396 e. The Labute approximate surface area is 127 Å². The predicted octanol–water partition coefficient (Wildman–Crippen LogP) is 1.64. The van der Waals surface area contributed by atoms with Crippen molar-refractivity contribution in [3.8, 4) is 0 Å². The minimum atomic E-state index is -0.0152. The van der Waals surface area contributed by atoms with Crippen molar-refractivity contribution in [3.63, 3.8) is 0 Å². The number of aliphatic hydroxyl groups is 2. The van der Waals surface area contributed by atoms with Crippen LogP contribution in [0.15, 0.2) is 6.20 Å². The summed E-state index contributed by atoms with van der Waals surface area (Å²) in [5.41, 5.74) is 2.52. The molecule has 0 radical (unpaired) electrons. The number of hydrogen-bond acceptors (Lipinski definition) is 4. The summed E-state index contributed by atoms with van der Waals surface area (Å²) in [7, 11) is 0. The molecule has 5 heteroatoms. The molecular weight excluding hydrogens is 266 g/mol. The van der Waals surface area contributed by atoms with E-state index in [0.717, 1.165) is 38.6 Å². The zero-order valence-corrected chi connectivity index (χ0v) is 13.3. The van der Waals surface area contributed by atoms with Crippen LogP contribution >= 0.6 is 0 Å². The van der Waals surface area contributed by atoms with E-state index in [1.165, 1.54) is 11.3 Å². The maximum Gasteiger partial charge on any atom is 0.0644 e. The van der Waals surface area contributed by atoms with Gasteiger partial charge in [-0.25, -0.2) is 0 Å². The number of aliphatic hydroxyl groups excluding tert-OH is 2. The molecule has 1 heterocycles. The van der Waals surface area contributed by atoms with Gasteiger partial charge in [-0.3, -0.25) is 4.68 Å². The van der Waals surface area contributed by atoms with E-state index in [-0.39, 0.29) is 18.6 Å². The molecule has 1 unspecified atom stereocenters. The van der Waals surface area contributed by atoms with Gasteiger partial charge >= 0.3 is 0 Å². The van der Waals surface area contributed by atoms with Gasteiger partial charge in [0.05, 0.1) is 19.3 Å². The lowest BCUT2D eigenvalue weighted by molar-refractivity contribution is 0.108. The SMILES string of the molecule is CCC(CC)(CO)CNC1CCCc2c1cnn2CCO. The molecule has 0 saturated carbocycles. The van der Waals surface area contributed by atoms with Crippen molar-refractivity contribution in [2.24, 2.45) is 5.41 Å². The van der Waals surface area contributed by atoms with E-state index in [0.29, 0.717) is 12.6 Å². The molecule has 120 valence electrons. The number of hydrogen-bond donors (Lipinski definition) is 3. The molecule has 0 fully saturated rings. The first-order valence-electron chi connectivity index (χ1n) is 8.19. The second-order valence-corrected chi connectivity index (χ2v) is 6.18. The number of nitrogens with zero attached hydrogens (tertiary/aromatic N) is 2. The van der Waals surface area contributed by atoms with Crippen LogP contribution in [0.4, 0.5) is 0 Å². The third kappa shape index (κ3) is 3.47. The third-order valence-electron chi connectivity index (χ3n) is 5.13. The van der Waals surface area contributed by atoms with Crippen molar-refractivity contribution in [3.05, 3.63) is 17.5 Å². The number of nitrogens with one attached hydrogen (secondary N) is 1. The molecule has 1 aliphatic carbocycles. The summed E-state index contributed by atoms with van der Waals surface area (Å²) >= 11 is 0. The first kappa shape index (κ1) is 16.5. The van der Waals surface area contributed by atoms with E-state index in [1.807, 2.05) is 10.9 Å². The third-order valence-corrected chi connectivity index (χ3v) is 5.13. The predicted molar refractivity (Wildman–Crippen MR) is 83.1 cm³/mol. The smallest absolute Gasteiger partial charge is 0.0644 e. The van der Waals surface area contributed by atoms with Gasteiger partial charge in [0.15, 0.2) is 0 Å². The van der Waals surface area contributed by atoms with Crippen LogP contribution in [0.5, 0.6) is 0 Å². The maximum absolute atomic E-state index is 9.69. The first-order valence-corrected chi connectivity index (χ1v) is 8.19. The van der Waals surface area contributed by atoms with Crippen molar-refractivity contribution < 1.29 is 10.2 Å². The molecular formula is C16H29N3O2. The quantitative estimate of drug-likeness (QED) is 0.682. The Balaban J connectivity index is 2.06. The van der Waals surface area contributed by atoms with Crippen LogP contribution in [0.25, 0.3) is 0 Å². The summed E-state index contributed by atoms with van der Waals surface area (Å²) in [5.74, 6) is 0. The van der Waals surface area contributed by atoms with Crippen LogP contribution in [0.2, 0.25) is 0 Å². The fraction of sp³-hybridized carbons (Fsp3) is 0.812. The second kappa shape index (κ2) is 7.38. The Bertz CT molecular complexity index is 432. The highest BCUT2D eigenvalue weighted by Crippen LogP contribution is 2.32. The molecule has 0 bridgehead atoms. The molecule has 0 spiro atoms. The Hall–Kier alpha value is -0.910. The molecule has 0 aromatic carbocycles. The topological polar surface area (TPSA) is 70.3 Å². The molecule has 5 nitrogen and oxygen atoms in total. The molecule has 2 rings (SSSR count). The van der Waals surface area contributed by atoms with Crippen molar-refractivity contribution >= 4 is 0 Å². The Morgan fingerprint density at radius 2 is 2.14 bits per heavy atom. The second-order valence-electron chi connectivity index (χ2n) is 6.18. The highest BCUT2D eigenvalue weighted by Gasteiger charge is 2.29. The van der Waals surface area contributed by atoms with Gasteiger partial charge in [-0.1, -0.05) is 13.8 Å². The lowest BCUT2D eigenvalue weighted by Crippen LogP contribution is -2.39.